The van der Waals surface area contributed by atoms with Gasteiger partial charge in [0.15, 0.2) is 5.71 Å². The molecule has 0 spiro atoms. The van der Waals surface area contributed by atoms with Gasteiger partial charge in [0.05, 0.1) is 15.8 Å². The fourth-order valence-electron chi connectivity index (χ4n) is 2.52. The lowest BCUT2D eigenvalue weighted by molar-refractivity contribution is -0.400. The van der Waals surface area contributed by atoms with Gasteiger partial charge in [0.1, 0.15) is 17.2 Å². The van der Waals surface area contributed by atoms with Gasteiger partial charge in [-0.1, -0.05) is 12.1 Å². The van der Waals surface area contributed by atoms with E-state index < -0.39 is 10.1 Å². The molecule has 1 heterocycles. The van der Waals surface area contributed by atoms with Crippen LogP contribution in [0.25, 0.3) is 10.8 Å². The fourth-order valence-corrected chi connectivity index (χ4v) is 3.20. The van der Waals surface area contributed by atoms with Crippen LogP contribution < -0.4 is 0 Å². The molecule has 3 rings (SSSR count). The lowest BCUT2D eigenvalue weighted by atomic mass is 10.0. The molecule has 0 amide bonds. The van der Waals surface area contributed by atoms with Crippen LogP contribution >= 0.6 is 0 Å². The molecule has 0 fully saturated rings. The van der Waals surface area contributed by atoms with Crippen molar-refractivity contribution in [1.82, 2.24) is 0 Å². The molecular formula is C13H11NO3S. The van der Waals surface area contributed by atoms with Crippen molar-refractivity contribution in [3.05, 3.63) is 35.9 Å². The summed E-state index contributed by atoms with van der Waals surface area (Å²) in [5, 5.41) is 1.35. The summed E-state index contributed by atoms with van der Waals surface area (Å²) >= 11 is 0. The predicted octanol–water partition coefficient (Wildman–Crippen LogP) is 1.84. The van der Waals surface area contributed by atoms with Crippen molar-refractivity contribution in [2.24, 2.45) is 0 Å². The Kier molecular flexibility index (Phi) is 2.15. The van der Waals surface area contributed by atoms with Crippen molar-refractivity contribution >= 4 is 32.3 Å². The molecule has 0 N–H and O–H groups in total. The fraction of sp³-hybridized carbons (Fsp3) is 0.154. The normalized spacial score (nSPS) is 14.6. The largest absolute Gasteiger partial charge is 0.744 e. The first-order valence-corrected chi connectivity index (χ1v) is 6.91. The number of hydrogen-bond donors (Lipinski definition) is 0. The average Bonchev–Trinajstić information content (AvgIpc) is 2.56. The van der Waals surface area contributed by atoms with E-state index in [1.54, 1.807) is 18.2 Å². The minimum Gasteiger partial charge on any atom is -0.744 e. The summed E-state index contributed by atoms with van der Waals surface area (Å²) < 4.78 is 35.8. The summed E-state index contributed by atoms with van der Waals surface area (Å²) in [6.45, 7) is 1.97. The Bertz CT molecular complexity index is 801. The third kappa shape index (κ3) is 1.34. The van der Waals surface area contributed by atoms with Crippen molar-refractivity contribution in [2.75, 3.05) is 7.05 Å². The van der Waals surface area contributed by atoms with E-state index in [-0.39, 0.29) is 4.90 Å². The zero-order valence-corrected chi connectivity index (χ0v) is 10.8. The Morgan fingerprint density at radius 3 is 2.56 bits per heavy atom. The van der Waals surface area contributed by atoms with Crippen LogP contribution in [0.1, 0.15) is 12.5 Å². The Balaban J connectivity index is 2.55. The molecule has 0 aromatic heterocycles. The topological polar surface area (TPSA) is 60.2 Å². The maximum Gasteiger partial charge on any atom is 0.214 e. The van der Waals surface area contributed by atoms with Crippen molar-refractivity contribution in [3.8, 4) is 0 Å². The van der Waals surface area contributed by atoms with Gasteiger partial charge in [-0.3, -0.25) is 0 Å². The van der Waals surface area contributed by atoms with E-state index in [1.165, 1.54) is 6.07 Å². The van der Waals surface area contributed by atoms with Gasteiger partial charge in [-0.15, -0.1) is 0 Å². The average molecular weight is 261 g/mol. The second kappa shape index (κ2) is 3.40. The molecule has 18 heavy (non-hydrogen) atoms. The highest BCUT2D eigenvalue weighted by molar-refractivity contribution is 7.86. The van der Waals surface area contributed by atoms with Gasteiger partial charge in [0, 0.05) is 18.4 Å². The second-order valence-corrected chi connectivity index (χ2v) is 5.76. The van der Waals surface area contributed by atoms with Crippen molar-refractivity contribution < 1.29 is 17.5 Å². The quantitative estimate of drug-likeness (QED) is 0.581. The molecule has 0 saturated heterocycles. The lowest BCUT2D eigenvalue weighted by Crippen LogP contribution is -2.03. The van der Waals surface area contributed by atoms with Gasteiger partial charge in [-0.2, -0.15) is 4.58 Å². The summed E-state index contributed by atoms with van der Waals surface area (Å²) in [6.07, 6.45) is 0. The van der Waals surface area contributed by atoms with Crippen molar-refractivity contribution in [3.63, 3.8) is 0 Å². The van der Waals surface area contributed by atoms with Gasteiger partial charge >= 0.3 is 0 Å². The van der Waals surface area contributed by atoms with E-state index in [0.717, 1.165) is 22.3 Å². The summed E-state index contributed by atoms with van der Waals surface area (Å²) in [4.78, 5) is -0.147. The van der Waals surface area contributed by atoms with E-state index in [0.29, 0.717) is 5.39 Å². The standard InChI is InChI=1S/C13H11NO3S/c1-8-9-4-3-5-10-12(18(15,16)17)7-6-11(13(9)10)14(8)2/h3-7H,1-2H3. The molecule has 0 atom stereocenters. The Hall–Kier alpha value is -1.72. The van der Waals surface area contributed by atoms with Crippen LogP contribution in [0.4, 0.5) is 5.69 Å². The molecule has 2 aromatic carbocycles. The van der Waals surface area contributed by atoms with Crippen molar-refractivity contribution in [2.45, 2.75) is 11.8 Å². The zero-order chi connectivity index (χ0) is 13.1. The van der Waals surface area contributed by atoms with Gasteiger partial charge < -0.3 is 4.55 Å². The Morgan fingerprint density at radius 1 is 1.17 bits per heavy atom. The second-order valence-electron chi connectivity index (χ2n) is 4.41. The van der Waals surface area contributed by atoms with Crippen LogP contribution in [0, 0.1) is 0 Å². The van der Waals surface area contributed by atoms with Crippen LogP contribution in [-0.2, 0) is 10.1 Å². The zero-order valence-electron chi connectivity index (χ0n) is 9.97. The first-order chi connectivity index (χ1) is 8.41. The maximum atomic E-state index is 11.3. The highest BCUT2D eigenvalue weighted by Crippen LogP contribution is 2.37. The van der Waals surface area contributed by atoms with Gasteiger partial charge in [0.25, 0.3) is 0 Å². The number of hydrogen-bond acceptors (Lipinski definition) is 3. The van der Waals surface area contributed by atoms with Crippen LogP contribution in [0.15, 0.2) is 35.2 Å². The van der Waals surface area contributed by atoms with E-state index in [9.17, 15) is 13.0 Å². The molecule has 0 unspecified atom stereocenters. The molecular weight excluding hydrogens is 250 g/mol. The SMILES string of the molecule is CC1=[N+](C)c2ccc(S(=O)(=O)[O-])c3cccc1c23. The Labute approximate surface area is 105 Å². The van der Waals surface area contributed by atoms with E-state index in [1.807, 2.05) is 24.6 Å². The maximum absolute atomic E-state index is 11.3. The van der Waals surface area contributed by atoms with E-state index >= 15 is 0 Å². The van der Waals surface area contributed by atoms with Crippen molar-refractivity contribution in [1.29, 1.82) is 0 Å². The van der Waals surface area contributed by atoms with Gasteiger partial charge in [0.2, 0.25) is 5.69 Å². The molecule has 1 aliphatic heterocycles. The third-order valence-corrected chi connectivity index (χ3v) is 4.40. The molecule has 1 aliphatic rings. The molecule has 0 bridgehead atoms. The summed E-state index contributed by atoms with van der Waals surface area (Å²) in [5.41, 5.74) is 2.97. The van der Waals surface area contributed by atoms with Crippen LogP contribution in [0.5, 0.6) is 0 Å². The van der Waals surface area contributed by atoms with Gasteiger partial charge in [-0.05, 0) is 12.1 Å². The molecule has 4 nitrogen and oxygen atoms in total. The molecule has 0 radical (unpaired) electrons. The molecule has 0 saturated carbocycles. The van der Waals surface area contributed by atoms with Gasteiger partial charge in [-0.25, -0.2) is 8.42 Å². The summed E-state index contributed by atoms with van der Waals surface area (Å²) in [5.74, 6) is 0. The highest BCUT2D eigenvalue weighted by atomic mass is 32.2. The summed E-state index contributed by atoms with van der Waals surface area (Å²) in [7, 11) is -2.52. The van der Waals surface area contributed by atoms with E-state index in [4.69, 9.17) is 0 Å². The molecule has 92 valence electrons. The number of rotatable bonds is 1. The van der Waals surface area contributed by atoms with Crippen LogP contribution in [-0.4, -0.2) is 30.3 Å². The lowest BCUT2D eigenvalue weighted by Gasteiger charge is -2.10. The molecule has 0 aliphatic carbocycles. The third-order valence-electron chi connectivity index (χ3n) is 3.50. The summed E-state index contributed by atoms with van der Waals surface area (Å²) in [6, 6.07) is 8.47. The molecule has 2 aromatic rings. The van der Waals surface area contributed by atoms with Crippen LogP contribution in [0.3, 0.4) is 0 Å². The predicted molar refractivity (Wildman–Crippen MR) is 67.5 cm³/mol. The first-order valence-electron chi connectivity index (χ1n) is 5.50. The first kappa shape index (κ1) is 11.4. The number of nitrogens with zero attached hydrogens (tertiary/aromatic N) is 1. The minimum absolute atomic E-state index is 0.147. The van der Waals surface area contributed by atoms with E-state index in [2.05, 4.69) is 0 Å². The highest BCUT2D eigenvalue weighted by Gasteiger charge is 2.27. The Morgan fingerprint density at radius 2 is 1.89 bits per heavy atom. The monoisotopic (exact) mass is 261 g/mol. The minimum atomic E-state index is -4.45. The molecule has 5 heteroatoms. The van der Waals surface area contributed by atoms with Crippen LogP contribution in [0.2, 0.25) is 0 Å². The number of benzene rings is 2. The smallest absolute Gasteiger partial charge is 0.214 e.